The summed E-state index contributed by atoms with van der Waals surface area (Å²) in [7, 11) is 0. The largest absolute Gasteiger partial charge is 0.456 e. The van der Waals surface area contributed by atoms with Crippen molar-refractivity contribution in [2.75, 3.05) is 4.90 Å². The summed E-state index contributed by atoms with van der Waals surface area (Å²) < 4.78 is 6.16. The van der Waals surface area contributed by atoms with Crippen molar-refractivity contribution in [1.82, 2.24) is 0 Å². The van der Waals surface area contributed by atoms with Crippen LogP contribution in [-0.2, 0) is 0 Å². The molecule has 2 unspecified atom stereocenters. The highest BCUT2D eigenvalue weighted by Crippen LogP contribution is 2.53. The van der Waals surface area contributed by atoms with E-state index in [0.29, 0.717) is 22.6 Å². The number of rotatable bonds is 3. The number of anilines is 1. The fourth-order valence-electron chi connectivity index (χ4n) is 5.32. The van der Waals surface area contributed by atoms with Gasteiger partial charge in [-0.1, -0.05) is 50.2 Å². The summed E-state index contributed by atoms with van der Waals surface area (Å²) in [4.78, 5) is 2.68. The average molecular weight is 430 g/mol. The van der Waals surface area contributed by atoms with Gasteiger partial charge >= 0.3 is 0 Å². The summed E-state index contributed by atoms with van der Waals surface area (Å²) in [5.74, 6) is 0.621. The summed E-state index contributed by atoms with van der Waals surface area (Å²) in [6.45, 7) is 13.9. The first-order valence-corrected chi connectivity index (χ1v) is 12.2. The monoisotopic (exact) mass is 429 g/mol. The van der Waals surface area contributed by atoms with Gasteiger partial charge in [-0.3, -0.25) is 0 Å². The Hall–Kier alpha value is -2.39. The predicted octanol–water partition coefficient (Wildman–Crippen LogP) is 8.18. The van der Waals surface area contributed by atoms with Crippen molar-refractivity contribution in [3.8, 4) is 0 Å². The van der Waals surface area contributed by atoms with Gasteiger partial charge in [0.1, 0.15) is 16.5 Å². The fourth-order valence-corrected chi connectivity index (χ4v) is 7.24. The minimum absolute atomic E-state index is 0.318. The van der Waals surface area contributed by atoms with Crippen LogP contribution in [0.25, 0.3) is 21.9 Å². The Bertz CT molecular complexity index is 1250. The van der Waals surface area contributed by atoms with E-state index in [4.69, 9.17) is 4.42 Å². The maximum atomic E-state index is 6.16. The molecule has 0 aliphatic carbocycles. The number of thioether (sulfide) groups is 1. The molecule has 1 aliphatic heterocycles. The molecule has 3 atom stereocenters. The standard InChI is InChI=1S/C28H31NOS/c1-16(2)27-20(6)29(28(31-27)26-17(3)10-9-11-18(26)4)23-15-22-21-12-7-8-13-24(21)30-25(22)14-19(23)5/h7-16,20,27-28H,1-6H3/t20-,27?,28?/m0/s1. The number of para-hydroxylation sites is 1. The van der Waals surface area contributed by atoms with E-state index < -0.39 is 0 Å². The second-order valence-corrected chi connectivity index (χ2v) is 10.6. The molecule has 0 N–H and O–H groups in total. The van der Waals surface area contributed by atoms with E-state index in [-0.39, 0.29) is 0 Å². The molecule has 0 spiro atoms. The third kappa shape index (κ3) is 3.25. The Morgan fingerprint density at radius 3 is 2.26 bits per heavy atom. The molecule has 3 heteroatoms. The molecule has 1 aromatic heterocycles. The molecule has 1 saturated heterocycles. The number of furan rings is 1. The zero-order valence-corrected chi connectivity index (χ0v) is 20.1. The molecular formula is C28H31NOS. The lowest BCUT2D eigenvalue weighted by Crippen LogP contribution is -2.36. The van der Waals surface area contributed by atoms with Gasteiger partial charge in [-0.2, -0.15) is 0 Å². The van der Waals surface area contributed by atoms with E-state index in [9.17, 15) is 0 Å². The molecule has 5 rings (SSSR count). The first-order chi connectivity index (χ1) is 14.9. The smallest absolute Gasteiger partial charge is 0.135 e. The van der Waals surface area contributed by atoms with Crippen LogP contribution in [0, 0.1) is 26.7 Å². The first kappa shape index (κ1) is 20.5. The van der Waals surface area contributed by atoms with E-state index in [1.165, 1.54) is 38.7 Å². The molecule has 0 amide bonds. The number of hydrogen-bond acceptors (Lipinski definition) is 3. The number of hydrogen-bond donors (Lipinski definition) is 0. The molecule has 1 aliphatic rings. The molecule has 0 saturated carbocycles. The van der Waals surface area contributed by atoms with Crippen LogP contribution in [0.3, 0.4) is 0 Å². The maximum Gasteiger partial charge on any atom is 0.135 e. The van der Waals surface area contributed by atoms with Gasteiger partial charge < -0.3 is 9.32 Å². The SMILES string of the molecule is Cc1cc2oc3ccccc3c2cc1N1C(c2c(C)cccc2C)SC(C(C)C)[C@@H]1C. The summed E-state index contributed by atoms with van der Waals surface area (Å²) in [5.41, 5.74) is 8.78. The van der Waals surface area contributed by atoms with Crippen molar-refractivity contribution in [3.63, 3.8) is 0 Å². The normalized spacial score (nSPS) is 21.6. The van der Waals surface area contributed by atoms with E-state index in [1.807, 2.05) is 6.07 Å². The number of aryl methyl sites for hydroxylation is 3. The molecule has 1 fully saturated rings. The summed E-state index contributed by atoms with van der Waals surface area (Å²) >= 11 is 2.13. The Labute approximate surface area is 189 Å². The van der Waals surface area contributed by atoms with E-state index >= 15 is 0 Å². The highest BCUT2D eigenvalue weighted by atomic mass is 32.2. The molecule has 160 valence electrons. The Morgan fingerprint density at radius 2 is 1.55 bits per heavy atom. The van der Waals surface area contributed by atoms with E-state index in [0.717, 1.165) is 11.2 Å². The van der Waals surface area contributed by atoms with Crippen LogP contribution in [0.2, 0.25) is 0 Å². The van der Waals surface area contributed by atoms with Gasteiger partial charge in [0, 0.05) is 27.8 Å². The Balaban J connectivity index is 1.72. The quantitative estimate of drug-likeness (QED) is 0.327. The van der Waals surface area contributed by atoms with Crippen LogP contribution < -0.4 is 4.90 Å². The third-order valence-electron chi connectivity index (χ3n) is 6.87. The second kappa shape index (κ2) is 7.63. The molecule has 4 aromatic rings. The van der Waals surface area contributed by atoms with E-state index in [1.54, 1.807) is 0 Å². The van der Waals surface area contributed by atoms with Gasteiger partial charge in [-0.25, -0.2) is 0 Å². The van der Waals surface area contributed by atoms with Gasteiger partial charge in [0.05, 0.1) is 0 Å². The highest BCUT2D eigenvalue weighted by molar-refractivity contribution is 8.00. The average Bonchev–Trinajstić information content (AvgIpc) is 3.24. The van der Waals surface area contributed by atoms with Crippen molar-refractivity contribution < 1.29 is 4.42 Å². The van der Waals surface area contributed by atoms with Crippen LogP contribution in [0.5, 0.6) is 0 Å². The highest BCUT2D eigenvalue weighted by Gasteiger charge is 2.43. The number of benzene rings is 3. The van der Waals surface area contributed by atoms with Crippen molar-refractivity contribution in [2.24, 2.45) is 5.92 Å². The summed E-state index contributed by atoms with van der Waals surface area (Å²) in [6.07, 6.45) is 0. The van der Waals surface area contributed by atoms with Crippen molar-refractivity contribution >= 4 is 39.4 Å². The number of fused-ring (bicyclic) bond motifs is 3. The zero-order valence-electron chi connectivity index (χ0n) is 19.3. The lowest BCUT2D eigenvalue weighted by Gasteiger charge is -2.33. The lowest BCUT2D eigenvalue weighted by atomic mass is 9.97. The predicted molar refractivity (Wildman–Crippen MR) is 135 cm³/mol. The fraction of sp³-hybridized carbons (Fsp3) is 0.357. The molecule has 2 heterocycles. The molecule has 31 heavy (non-hydrogen) atoms. The van der Waals surface area contributed by atoms with Gasteiger partial charge in [0.15, 0.2) is 0 Å². The number of nitrogens with zero attached hydrogens (tertiary/aromatic N) is 1. The molecular weight excluding hydrogens is 398 g/mol. The minimum atomic E-state index is 0.318. The molecule has 0 radical (unpaired) electrons. The first-order valence-electron chi connectivity index (χ1n) is 11.3. The molecule has 3 aromatic carbocycles. The summed E-state index contributed by atoms with van der Waals surface area (Å²) in [6, 6.07) is 20.1. The van der Waals surface area contributed by atoms with Crippen molar-refractivity contribution in [1.29, 1.82) is 0 Å². The van der Waals surface area contributed by atoms with Crippen LogP contribution in [0.15, 0.2) is 59.0 Å². The maximum absolute atomic E-state index is 6.16. The summed E-state index contributed by atoms with van der Waals surface area (Å²) in [5, 5.41) is 3.31. The Kier molecular flexibility index (Phi) is 5.05. The third-order valence-corrected chi connectivity index (χ3v) is 8.85. The van der Waals surface area contributed by atoms with E-state index in [2.05, 4.69) is 107 Å². The van der Waals surface area contributed by atoms with Crippen LogP contribution in [0.1, 0.15) is 48.4 Å². The Morgan fingerprint density at radius 1 is 0.839 bits per heavy atom. The molecule has 2 nitrogen and oxygen atoms in total. The van der Waals surface area contributed by atoms with Gasteiger partial charge in [0.2, 0.25) is 0 Å². The zero-order chi connectivity index (χ0) is 21.9. The van der Waals surface area contributed by atoms with Crippen LogP contribution in [-0.4, -0.2) is 11.3 Å². The van der Waals surface area contributed by atoms with Crippen LogP contribution >= 0.6 is 11.8 Å². The minimum Gasteiger partial charge on any atom is -0.456 e. The van der Waals surface area contributed by atoms with Gasteiger partial charge in [-0.05, 0) is 74.1 Å². The van der Waals surface area contributed by atoms with Gasteiger partial charge in [-0.15, -0.1) is 11.8 Å². The van der Waals surface area contributed by atoms with Crippen molar-refractivity contribution in [3.05, 3.63) is 76.9 Å². The topological polar surface area (TPSA) is 16.4 Å². The van der Waals surface area contributed by atoms with Gasteiger partial charge in [0.25, 0.3) is 0 Å². The van der Waals surface area contributed by atoms with Crippen LogP contribution in [0.4, 0.5) is 5.69 Å². The molecule has 0 bridgehead atoms. The van der Waals surface area contributed by atoms with Crippen molar-refractivity contribution in [2.45, 2.75) is 58.2 Å². The lowest BCUT2D eigenvalue weighted by molar-refractivity contribution is 0.526. The second-order valence-electron chi connectivity index (χ2n) is 9.38.